The van der Waals surface area contributed by atoms with Crippen LogP contribution in [0.1, 0.15) is 53.4 Å². The fourth-order valence-electron chi connectivity index (χ4n) is 3.93. The van der Waals surface area contributed by atoms with E-state index in [9.17, 15) is 4.79 Å². The Hall–Kier alpha value is -3.00. The number of carbonyl (C=O) groups excluding carboxylic acids is 1. The molecule has 1 saturated heterocycles. The number of tetrazole rings is 1. The average molecular weight is 395 g/mol. The molecule has 1 aromatic carbocycles. The minimum absolute atomic E-state index is 0.0221. The molecule has 1 amide bonds. The summed E-state index contributed by atoms with van der Waals surface area (Å²) in [6.45, 7) is 9.22. The number of aromatic nitrogens is 4. The zero-order chi connectivity index (χ0) is 20.4. The third kappa shape index (κ3) is 3.93. The maximum absolute atomic E-state index is 12.6. The molecule has 0 spiro atoms. The minimum atomic E-state index is -0.0482. The molecule has 4 rings (SSSR count). The van der Waals surface area contributed by atoms with Gasteiger partial charge in [-0.15, -0.1) is 5.10 Å². The molecule has 1 N–H and O–H groups in total. The summed E-state index contributed by atoms with van der Waals surface area (Å²) >= 11 is 0. The molecule has 1 aliphatic rings. The maximum atomic E-state index is 12.6. The molecular weight excluding hydrogens is 368 g/mol. The van der Waals surface area contributed by atoms with Crippen molar-refractivity contribution >= 4 is 5.91 Å². The van der Waals surface area contributed by atoms with E-state index in [1.165, 1.54) is 22.3 Å². The number of aryl methyl sites for hydroxylation is 1. The molecule has 0 saturated carbocycles. The highest BCUT2D eigenvalue weighted by atomic mass is 16.3. The van der Waals surface area contributed by atoms with Crippen LogP contribution in [0.4, 0.5) is 0 Å². The van der Waals surface area contributed by atoms with E-state index in [4.69, 9.17) is 4.42 Å². The first-order chi connectivity index (χ1) is 14.0. The van der Waals surface area contributed by atoms with Gasteiger partial charge in [0.2, 0.25) is 5.82 Å². The highest BCUT2D eigenvalue weighted by Gasteiger charge is 2.36. The molecule has 0 bridgehead atoms. The topological polar surface area (TPSA) is 81.5 Å². The van der Waals surface area contributed by atoms with Gasteiger partial charge in [0, 0.05) is 5.56 Å². The summed E-state index contributed by atoms with van der Waals surface area (Å²) < 4.78 is 7.18. The van der Waals surface area contributed by atoms with Gasteiger partial charge in [0.1, 0.15) is 0 Å². The van der Waals surface area contributed by atoms with Gasteiger partial charge in [0.25, 0.3) is 5.91 Å². The summed E-state index contributed by atoms with van der Waals surface area (Å²) in [5, 5.41) is 12.6. The number of piperazine rings is 1. The SMILES string of the molecule is Cc1ccc([C@H](c2nnnn2C(C)C)[NH+]2CCN(C(=O)c3ccco3)CC2)cc1. The van der Waals surface area contributed by atoms with E-state index in [-0.39, 0.29) is 18.0 Å². The molecule has 3 heterocycles. The van der Waals surface area contributed by atoms with Crippen molar-refractivity contribution in [3.05, 3.63) is 65.4 Å². The number of nitrogens with zero attached hydrogens (tertiary/aromatic N) is 5. The predicted octanol–water partition coefficient (Wildman–Crippen LogP) is 1.29. The monoisotopic (exact) mass is 395 g/mol. The highest BCUT2D eigenvalue weighted by molar-refractivity contribution is 5.91. The number of quaternary nitrogens is 1. The first-order valence-electron chi connectivity index (χ1n) is 10.1. The lowest BCUT2D eigenvalue weighted by Crippen LogP contribution is -3.15. The Morgan fingerprint density at radius 2 is 1.86 bits per heavy atom. The normalized spacial score (nSPS) is 16.3. The molecule has 29 heavy (non-hydrogen) atoms. The van der Waals surface area contributed by atoms with E-state index in [0.29, 0.717) is 18.8 Å². The largest absolute Gasteiger partial charge is 0.459 e. The van der Waals surface area contributed by atoms with Crippen LogP contribution >= 0.6 is 0 Å². The predicted molar refractivity (Wildman–Crippen MR) is 107 cm³/mol. The lowest BCUT2D eigenvalue weighted by atomic mass is 10.0. The van der Waals surface area contributed by atoms with Crippen LogP contribution in [-0.4, -0.2) is 57.2 Å². The van der Waals surface area contributed by atoms with Crippen LogP contribution in [0.2, 0.25) is 0 Å². The summed E-state index contributed by atoms with van der Waals surface area (Å²) in [4.78, 5) is 15.8. The van der Waals surface area contributed by atoms with Gasteiger partial charge in [-0.05, 0) is 43.3 Å². The van der Waals surface area contributed by atoms with Crippen molar-refractivity contribution in [3.8, 4) is 0 Å². The van der Waals surface area contributed by atoms with Crippen molar-refractivity contribution < 1.29 is 14.1 Å². The Morgan fingerprint density at radius 3 is 2.48 bits per heavy atom. The molecule has 3 aromatic rings. The third-order valence-electron chi connectivity index (χ3n) is 5.51. The smallest absolute Gasteiger partial charge is 0.289 e. The number of nitrogens with one attached hydrogen (secondary N) is 1. The summed E-state index contributed by atoms with van der Waals surface area (Å²) in [6.07, 6.45) is 1.54. The summed E-state index contributed by atoms with van der Waals surface area (Å²) in [5.41, 5.74) is 2.41. The Bertz CT molecular complexity index is 940. The van der Waals surface area contributed by atoms with Gasteiger partial charge in [0.15, 0.2) is 11.8 Å². The van der Waals surface area contributed by atoms with E-state index in [1.54, 1.807) is 12.1 Å². The number of hydrogen-bond acceptors (Lipinski definition) is 5. The number of carbonyl (C=O) groups is 1. The number of hydrogen-bond donors (Lipinski definition) is 1. The number of benzene rings is 1. The first-order valence-corrected chi connectivity index (χ1v) is 10.1. The number of amides is 1. The van der Waals surface area contributed by atoms with Crippen LogP contribution in [0.25, 0.3) is 0 Å². The Balaban J connectivity index is 1.58. The van der Waals surface area contributed by atoms with Crippen molar-refractivity contribution in [1.82, 2.24) is 25.1 Å². The molecule has 8 heteroatoms. The lowest BCUT2D eigenvalue weighted by Gasteiger charge is -2.36. The van der Waals surface area contributed by atoms with Crippen molar-refractivity contribution in [2.24, 2.45) is 0 Å². The van der Waals surface area contributed by atoms with Crippen LogP contribution in [-0.2, 0) is 0 Å². The Kier molecular flexibility index (Phi) is 5.44. The highest BCUT2D eigenvalue weighted by Crippen LogP contribution is 2.20. The van der Waals surface area contributed by atoms with Crippen molar-refractivity contribution in [2.45, 2.75) is 32.9 Å². The van der Waals surface area contributed by atoms with E-state index in [0.717, 1.165) is 18.9 Å². The molecule has 1 atom stereocenters. The Labute approximate surface area is 170 Å². The molecule has 1 aliphatic heterocycles. The summed E-state index contributed by atoms with van der Waals surface area (Å²) in [6, 6.07) is 12.2. The van der Waals surface area contributed by atoms with Gasteiger partial charge in [-0.25, -0.2) is 4.68 Å². The fourth-order valence-corrected chi connectivity index (χ4v) is 3.93. The van der Waals surface area contributed by atoms with Crippen molar-refractivity contribution in [3.63, 3.8) is 0 Å². The van der Waals surface area contributed by atoms with Gasteiger partial charge < -0.3 is 14.2 Å². The standard InChI is InChI=1S/C21H26N6O2/c1-15(2)27-20(22-23-24-27)19(17-8-6-16(3)7-9-17)25-10-12-26(13-11-25)21(28)18-5-4-14-29-18/h4-9,14-15,19H,10-13H2,1-3H3/p+1/t19-/m1/s1. The molecular formula is C21H27N6O2+. The second-order valence-electron chi connectivity index (χ2n) is 7.85. The zero-order valence-electron chi connectivity index (χ0n) is 17.1. The quantitative estimate of drug-likeness (QED) is 0.704. The molecule has 0 unspecified atom stereocenters. The molecule has 2 aromatic heterocycles. The summed E-state index contributed by atoms with van der Waals surface area (Å²) in [5.74, 6) is 1.21. The Morgan fingerprint density at radius 1 is 1.14 bits per heavy atom. The summed E-state index contributed by atoms with van der Waals surface area (Å²) in [7, 11) is 0. The van der Waals surface area contributed by atoms with Crippen LogP contribution in [0.3, 0.4) is 0 Å². The second-order valence-corrected chi connectivity index (χ2v) is 7.85. The van der Waals surface area contributed by atoms with E-state index < -0.39 is 0 Å². The van der Waals surface area contributed by atoms with E-state index >= 15 is 0 Å². The molecule has 0 radical (unpaired) electrons. The number of furan rings is 1. The van der Waals surface area contributed by atoms with Gasteiger partial charge in [-0.1, -0.05) is 29.8 Å². The zero-order valence-corrected chi connectivity index (χ0v) is 17.1. The van der Waals surface area contributed by atoms with E-state index in [2.05, 4.69) is 60.6 Å². The number of rotatable bonds is 5. The molecule has 8 nitrogen and oxygen atoms in total. The van der Waals surface area contributed by atoms with Crippen LogP contribution in [0.5, 0.6) is 0 Å². The average Bonchev–Trinajstić information content (AvgIpc) is 3.42. The van der Waals surface area contributed by atoms with Crippen LogP contribution in [0.15, 0.2) is 47.1 Å². The first kappa shape index (κ1) is 19.3. The van der Waals surface area contributed by atoms with Crippen LogP contribution < -0.4 is 4.90 Å². The maximum Gasteiger partial charge on any atom is 0.289 e. The van der Waals surface area contributed by atoms with Gasteiger partial charge in [-0.2, -0.15) is 0 Å². The lowest BCUT2D eigenvalue weighted by molar-refractivity contribution is -0.930. The minimum Gasteiger partial charge on any atom is -0.459 e. The van der Waals surface area contributed by atoms with E-state index in [1.807, 2.05) is 9.58 Å². The fraction of sp³-hybridized carbons (Fsp3) is 0.429. The molecule has 0 aliphatic carbocycles. The molecule has 1 fully saturated rings. The second kappa shape index (κ2) is 8.16. The molecule has 152 valence electrons. The van der Waals surface area contributed by atoms with Gasteiger partial charge >= 0.3 is 0 Å². The van der Waals surface area contributed by atoms with Crippen molar-refractivity contribution in [1.29, 1.82) is 0 Å². The van der Waals surface area contributed by atoms with Crippen LogP contribution in [0, 0.1) is 6.92 Å². The van der Waals surface area contributed by atoms with Crippen molar-refractivity contribution in [2.75, 3.05) is 26.2 Å². The van der Waals surface area contributed by atoms with Gasteiger partial charge in [-0.3, -0.25) is 4.79 Å². The third-order valence-corrected chi connectivity index (χ3v) is 5.51. The van der Waals surface area contributed by atoms with Gasteiger partial charge in [0.05, 0.1) is 38.5 Å².